The lowest BCUT2D eigenvalue weighted by atomic mass is 9.32. The molecule has 5 saturated carbocycles. The number of carbonyl (C=O) groups excluding carboxylic acids is 3. The van der Waals surface area contributed by atoms with Gasteiger partial charge in [0.1, 0.15) is 12.7 Å². The smallest absolute Gasteiger partial charge is 0.302 e. The second-order valence-corrected chi connectivity index (χ2v) is 17.2. The van der Waals surface area contributed by atoms with E-state index in [0.29, 0.717) is 68.4 Å². The zero-order valence-electron chi connectivity index (χ0n) is 29.2. The van der Waals surface area contributed by atoms with E-state index in [9.17, 15) is 14.4 Å². The zero-order valence-corrected chi connectivity index (χ0v) is 29.2. The fourth-order valence-electron chi connectivity index (χ4n) is 13.2. The molecule has 1 heterocycles. The molecule has 252 valence electrons. The molecule has 0 spiro atoms. The van der Waals surface area contributed by atoms with Crippen LogP contribution in [0.15, 0.2) is 12.2 Å². The summed E-state index contributed by atoms with van der Waals surface area (Å²) in [7, 11) is 0. The molecule has 6 rings (SSSR count). The first-order valence-corrected chi connectivity index (χ1v) is 18.0. The Morgan fingerprint density at radius 1 is 0.800 bits per heavy atom. The van der Waals surface area contributed by atoms with Crippen molar-refractivity contribution >= 4 is 17.8 Å². The third kappa shape index (κ3) is 4.78. The summed E-state index contributed by atoms with van der Waals surface area (Å²) in [6.45, 7) is 22.6. The Morgan fingerprint density at radius 2 is 1.51 bits per heavy atom. The Balaban J connectivity index is 1.35. The third-order valence-electron chi connectivity index (χ3n) is 15.4. The number of amides is 1. The number of morpholine rings is 1. The molecule has 0 aromatic carbocycles. The second-order valence-electron chi connectivity index (χ2n) is 17.2. The maximum Gasteiger partial charge on any atom is 0.302 e. The average molecular weight is 626 g/mol. The van der Waals surface area contributed by atoms with Crippen LogP contribution < -0.4 is 0 Å². The SMILES string of the molecule is C=C(C)[C@@H]1CC[C@]2(C(=O)N3CCOCC3)CC[C@]3(C)[C@H](CC[C@@H]4[C@@]5(C)CC[C@H](OC(C)=O)[C@@](C)(COC(C)=O)[C@@H]5CC[C@]43C)[C@@H]12. The maximum atomic E-state index is 14.6. The number of rotatable bonds is 5. The molecular formula is C38H59NO6. The molecule has 1 amide bonds. The fourth-order valence-corrected chi connectivity index (χ4v) is 13.2. The lowest BCUT2D eigenvalue weighted by Crippen LogP contribution is -2.68. The number of hydrogen-bond acceptors (Lipinski definition) is 6. The fraction of sp³-hybridized carbons (Fsp3) is 0.868. The molecule has 1 saturated heterocycles. The van der Waals surface area contributed by atoms with Gasteiger partial charge in [-0.25, -0.2) is 0 Å². The van der Waals surface area contributed by atoms with Crippen molar-refractivity contribution in [2.45, 2.75) is 119 Å². The summed E-state index contributed by atoms with van der Waals surface area (Å²) >= 11 is 0. The molecule has 0 aromatic rings. The molecule has 0 aromatic heterocycles. The minimum absolute atomic E-state index is 0.0497. The van der Waals surface area contributed by atoms with Crippen LogP contribution in [0, 0.1) is 56.7 Å². The minimum Gasteiger partial charge on any atom is -0.465 e. The van der Waals surface area contributed by atoms with Crippen LogP contribution in [0.3, 0.4) is 0 Å². The van der Waals surface area contributed by atoms with Gasteiger partial charge < -0.3 is 19.1 Å². The number of hydrogen-bond donors (Lipinski definition) is 0. The second kappa shape index (κ2) is 11.4. The first kappa shape index (κ1) is 33.0. The Bertz CT molecular complexity index is 1230. The van der Waals surface area contributed by atoms with E-state index in [1.165, 1.54) is 19.4 Å². The highest BCUT2D eigenvalue weighted by Crippen LogP contribution is 2.77. The van der Waals surface area contributed by atoms with Crippen LogP contribution in [0.5, 0.6) is 0 Å². The van der Waals surface area contributed by atoms with Gasteiger partial charge in [0.05, 0.1) is 18.6 Å². The first-order chi connectivity index (χ1) is 21.1. The van der Waals surface area contributed by atoms with Gasteiger partial charge in [-0.15, -0.1) is 0 Å². The summed E-state index contributed by atoms with van der Waals surface area (Å²) in [5, 5.41) is 0. The lowest BCUT2D eigenvalue weighted by molar-refractivity contribution is -0.257. The van der Waals surface area contributed by atoms with Crippen molar-refractivity contribution in [1.82, 2.24) is 4.90 Å². The zero-order chi connectivity index (χ0) is 32.6. The van der Waals surface area contributed by atoms with Crippen LogP contribution >= 0.6 is 0 Å². The lowest BCUT2D eigenvalue weighted by Gasteiger charge is -2.73. The molecule has 5 aliphatic carbocycles. The van der Waals surface area contributed by atoms with Crippen LogP contribution in [0.4, 0.5) is 0 Å². The van der Waals surface area contributed by atoms with Crippen molar-refractivity contribution in [3.05, 3.63) is 12.2 Å². The van der Waals surface area contributed by atoms with Gasteiger partial charge >= 0.3 is 11.9 Å². The highest BCUT2D eigenvalue weighted by molar-refractivity contribution is 5.84. The highest BCUT2D eigenvalue weighted by Gasteiger charge is 2.72. The molecule has 6 aliphatic rings. The average Bonchev–Trinajstić information content (AvgIpc) is 3.39. The first-order valence-electron chi connectivity index (χ1n) is 18.0. The van der Waals surface area contributed by atoms with Crippen molar-refractivity contribution in [3.8, 4) is 0 Å². The van der Waals surface area contributed by atoms with Crippen LogP contribution in [0.25, 0.3) is 0 Å². The Labute approximate surface area is 271 Å². The van der Waals surface area contributed by atoms with E-state index in [-0.39, 0.29) is 39.7 Å². The molecule has 45 heavy (non-hydrogen) atoms. The number of fused-ring (bicyclic) bond motifs is 7. The Hall–Kier alpha value is -1.89. The van der Waals surface area contributed by atoms with E-state index in [4.69, 9.17) is 14.2 Å². The normalized spacial score (nSPS) is 47.4. The Morgan fingerprint density at radius 3 is 2.16 bits per heavy atom. The van der Waals surface area contributed by atoms with E-state index in [1.54, 1.807) is 0 Å². The van der Waals surface area contributed by atoms with Gasteiger partial charge in [-0.3, -0.25) is 14.4 Å². The highest BCUT2D eigenvalue weighted by atomic mass is 16.6. The predicted molar refractivity (Wildman–Crippen MR) is 173 cm³/mol. The van der Waals surface area contributed by atoms with Gasteiger partial charge in [0.25, 0.3) is 0 Å². The minimum atomic E-state index is -0.424. The van der Waals surface area contributed by atoms with E-state index in [2.05, 4.69) is 46.1 Å². The standard InChI is InChI=1S/C38H59NO6/c1-24(2)27-11-16-38(33(42)39-19-21-43-22-20-39)18-17-36(7)28(32(27)38)9-10-30-34(5)14-13-31(45-26(4)41)35(6,23-44-25(3)40)29(34)12-15-37(30,36)8/h27-32H,1,9-23H2,2-8H3/t27-,28+,29+,30+,31-,32+,34-,35-,36+,37+,38-/m0/s1. The van der Waals surface area contributed by atoms with Gasteiger partial charge in [0, 0.05) is 32.4 Å². The molecule has 0 radical (unpaired) electrons. The molecule has 0 bridgehead atoms. The maximum absolute atomic E-state index is 14.6. The topological polar surface area (TPSA) is 82.1 Å². The molecule has 6 fully saturated rings. The summed E-state index contributed by atoms with van der Waals surface area (Å²) in [6, 6.07) is 0. The number of allylic oxidation sites excluding steroid dienone is 1. The van der Waals surface area contributed by atoms with Gasteiger partial charge in [-0.1, -0.05) is 39.8 Å². The molecular weight excluding hydrogens is 566 g/mol. The Kier molecular flexibility index (Phi) is 8.35. The molecule has 11 atom stereocenters. The summed E-state index contributed by atoms with van der Waals surface area (Å²) in [4.78, 5) is 41.0. The van der Waals surface area contributed by atoms with E-state index >= 15 is 0 Å². The van der Waals surface area contributed by atoms with E-state index < -0.39 is 5.41 Å². The van der Waals surface area contributed by atoms with Gasteiger partial charge in [-0.2, -0.15) is 0 Å². The predicted octanol–water partition coefficient (Wildman–Crippen LogP) is 6.98. The third-order valence-corrected chi connectivity index (χ3v) is 15.4. The molecule has 7 heteroatoms. The summed E-state index contributed by atoms with van der Waals surface area (Å²) in [6.07, 6.45) is 10.2. The van der Waals surface area contributed by atoms with E-state index in [1.807, 2.05) is 0 Å². The molecule has 1 aliphatic heterocycles. The summed E-state index contributed by atoms with van der Waals surface area (Å²) < 4.78 is 17.4. The molecule has 0 N–H and O–H groups in total. The van der Waals surface area contributed by atoms with Crippen molar-refractivity contribution in [1.29, 1.82) is 0 Å². The van der Waals surface area contributed by atoms with Crippen molar-refractivity contribution < 1.29 is 28.6 Å². The quantitative estimate of drug-likeness (QED) is 0.242. The number of esters is 2. The van der Waals surface area contributed by atoms with Crippen LogP contribution in [-0.2, 0) is 28.6 Å². The number of carbonyl (C=O) groups is 3. The summed E-state index contributed by atoms with van der Waals surface area (Å²) in [5.74, 6) is 1.92. The van der Waals surface area contributed by atoms with Gasteiger partial charge in [0.15, 0.2) is 0 Å². The van der Waals surface area contributed by atoms with Crippen LogP contribution in [0.1, 0.15) is 113 Å². The van der Waals surface area contributed by atoms with Gasteiger partial charge in [0.2, 0.25) is 5.91 Å². The molecule has 7 nitrogen and oxygen atoms in total. The largest absolute Gasteiger partial charge is 0.465 e. The number of nitrogens with zero attached hydrogens (tertiary/aromatic N) is 1. The molecule has 0 unspecified atom stereocenters. The van der Waals surface area contributed by atoms with Gasteiger partial charge in [-0.05, 0) is 117 Å². The van der Waals surface area contributed by atoms with Crippen LogP contribution in [-0.4, -0.2) is 61.8 Å². The summed E-state index contributed by atoms with van der Waals surface area (Å²) in [5.41, 5.74) is 0.864. The number of ether oxygens (including phenoxy) is 3. The van der Waals surface area contributed by atoms with Crippen LogP contribution in [0.2, 0.25) is 0 Å². The van der Waals surface area contributed by atoms with Crippen molar-refractivity contribution in [3.63, 3.8) is 0 Å². The monoisotopic (exact) mass is 625 g/mol. The van der Waals surface area contributed by atoms with E-state index in [0.717, 1.165) is 64.2 Å². The van der Waals surface area contributed by atoms with Crippen molar-refractivity contribution in [2.75, 3.05) is 32.9 Å². The van der Waals surface area contributed by atoms with Crippen molar-refractivity contribution in [2.24, 2.45) is 56.7 Å².